The molecule has 1 aromatic carbocycles. The number of anilines is 1. The van der Waals surface area contributed by atoms with Crippen LogP contribution in [0.15, 0.2) is 61.1 Å². The minimum absolute atomic E-state index is 0.157. The number of methoxy groups -OCH3 is 1. The first kappa shape index (κ1) is 23.1. The largest absolute Gasteiger partial charge is 0.495 e. The predicted octanol–water partition coefficient (Wildman–Crippen LogP) is 4.01. The Morgan fingerprint density at radius 2 is 1.86 bits per heavy atom. The van der Waals surface area contributed by atoms with Gasteiger partial charge in [-0.1, -0.05) is 11.6 Å². The Hall–Kier alpha value is -3.69. The SMILES string of the molecule is COc1ccc(Cl)cc1NC(=O)N1CCN(CCn2c(-c3ccncc3)nc3cccnc32)CC1. The number of nitrogens with one attached hydrogen (secondary N) is 1. The Bertz CT molecular complexity index is 1320. The van der Waals surface area contributed by atoms with E-state index >= 15 is 0 Å². The number of amides is 2. The highest BCUT2D eigenvalue weighted by Gasteiger charge is 2.23. The normalized spacial score (nSPS) is 14.3. The van der Waals surface area contributed by atoms with Gasteiger partial charge < -0.3 is 19.5 Å². The number of aromatic nitrogens is 4. The van der Waals surface area contributed by atoms with Crippen LogP contribution < -0.4 is 10.1 Å². The molecule has 0 bridgehead atoms. The Morgan fingerprint density at radius 1 is 1.06 bits per heavy atom. The van der Waals surface area contributed by atoms with Crippen LogP contribution in [0.4, 0.5) is 10.5 Å². The van der Waals surface area contributed by atoms with Crippen LogP contribution in [0.25, 0.3) is 22.6 Å². The number of ether oxygens (including phenoxy) is 1. The summed E-state index contributed by atoms with van der Waals surface area (Å²) in [6.07, 6.45) is 5.34. The van der Waals surface area contributed by atoms with E-state index in [1.807, 2.05) is 29.2 Å². The zero-order valence-electron chi connectivity index (χ0n) is 19.4. The van der Waals surface area contributed by atoms with Gasteiger partial charge in [0, 0.05) is 68.4 Å². The van der Waals surface area contributed by atoms with E-state index in [9.17, 15) is 4.79 Å². The molecule has 0 atom stereocenters. The molecule has 5 rings (SSSR count). The summed E-state index contributed by atoms with van der Waals surface area (Å²) in [7, 11) is 1.57. The number of pyridine rings is 2. The molecule has 1 saturated heterocycles. The molecule has 0 spiro atoms. The van der Waals surface area contributed by atoms with Crippen molar-refractivity contribution in [3.8, 4) is 17.1 Å². The van der Waals surface area contributed by atoms with E-state index in [1.54, 1.807) is 43.9 Å². The molecule has 10 heteroatoms. The van der Waals surface area contributed by atoms with Gasteiger partial charge >= 0.3 is 6.03 Å². The number of piperazine rings is 1. The number of hydrogen-bond acceptors (Lipinski definition) is 6. The van der Waals surface area contributed by atoms with Crippen LogP contribution in [-0.4, -0.2) is 75.2 Å². The van der Waals surface area contributed by atoms with Crippen molar-refractivity contribution in [2.75, 3.05) is 45.2 Å². The number of nitrogens with zero attached hydrogens (tertiary/aromatic N) is 6. The monoisotopic (exact) mass is 491 g/mol. The van der Waals surface area contributed by atoms with Gasteiger partial charge in [-0.15, -0.1) is 0 Å². The van der Waals surface area contributed by atoms with Crippen LogP contribution in [0.5, 0.6) is 5.75 Å². The summed E-state index contributed by atoms with van der Waals surface area (Å²) in [4.78, 5) is 30.5. The maximum atomic E-state index is 12.8. The minimum Gasteiger partial charge on any atom is -0.495 e. The molecule has 2 amide bonds. The maximum Gasteiger partial charge on any atom is 0.322 e. The molecule has 4 aromatic rings. The number of fused-ring (bicyclic) bond motifs is 1. The van der Waals surface area contributed by atoms with Gasteiger partial charge in [0.05, 0.1) is 12.8 Å². The lowest BCUT2D eigenvalue weighted by Gasteiger charge is -2.34. The Labute approximate surface area is 208 Å². The van der Waals surface area contributed by atoms with Crippen LogP contribution in [0, 0.1) is 0 Å². The molecule has 1 aliphatic heterocycles. The topological polar surface area (TPSA) is 88.4 Å². The lowest BCUT2D eigenvalue weighted by molar-refractivity contribution is 0.144. The fourth-order valence-electron chi connectivity index (χ4n) is 4.28. The van der Waals surface area contributed by atoms with Crippen LogP contribution in [0.3, 0.4) is 0 Å². The van der Waals surface area contributed by atoms with Gasteiger partial charge in [0.2, 0.25) is 0 Å². The molecule has 0 saturated carbocycles. The van der Waals surface area contributed by atoms with Gasteiger partial charge in [0.25, 0.3) is 0 Å². The molecule has 1 N–H and O–H groups in total. The number of halogens is 1. The highest BCUT2D eigenvalue weighted by molar-refractivity contribution is 6.31. The molecule has 9 nitrogen and oxygen atoms in total. The van der Waals surface area contributed by atoms with Crippen molar-refractivity contribution in [2.24, 2.45) is 0 Å². The minimum atomic E-state index is -0.157. The van der Waals surface area contributed by atoms with E-state index in [1.165, 1.54) is 0 Å². The van der Waals surface area contributed by atoms with Gasteiger partial charge in [-0.25, -0.2) is 14.8 Å². The predicted molar refractivity (Wildman–Crippen MR) is 136 cm³/mol. The molecular formula is C25H26ClN7O2. The van der Waals surface area contributed by atoms with E-state index in [-0.39, 0.29) is 6.03 Å². The third kappa shape index (κ3) is 5.06. The summed E-state index contributed by atoms with van der Waals surface area (Å²) in [5, 5.41) is 3.46. The van der Waals surface area contributed by atoms with Gasteiger partial charge in [0.1, 0.15) is 17.1 Å². The van der Waals surface area contributed by atoms with Crippen molar-refractivity contribution in [1.82, 2.24) is 29.3 Å². The van der Waals surface area contributed by atoms with Crippen molar-refractivity contribution < 1.29 is 9.53 Å². The number of imidazole rings is 1. The van der Waals surface area contributed by atoms with Gasteiger partial charge in [-0.05, 0) is 42.5 Å². The average molecular weight is 492 g/mol. The molecule has 1 aliphatic rings. The van der Waals surface area contributed by atoms with E-state index in [4.69, 9.17) is 21.3 Å². The third-order valence-corrected chi connectivity index (χ3v) is 6.38. The number of benzene rings is 1. The first-order valence-electron chi connectivity index (χ1n) is 11.5. The highest BCUT2D eigenvalue weighted by atomic mass is 35.5. The fraction of sp³-hybridized carbons (Fsp3) is 0.280. The number of carbonyl (C=O) groups excluding carboxylic acids is 1. The molecule has 3 aromatic heterocycles. The standard InChI is InChI=1S/C25H26ClN7O2/c1-35-22-5-4-19(26)17-21(22)30-25(34)32-14-11-31(12-15-32)13-16-33-23(18-6-9-27-10-7-18)29-20-3-2-8-28-24(20)33/h2-10,17H,11-16H2,1H3,(H,30,34). The summed E-state index contributed by atoms with van der Waals surface area (Å²) >= 11 is 6.08. The fourth-order valence-corrected chi connectivity index (χ4v) is 4.45. The summed E-state index contributed by atoms with van der Waals surface area (Å²) in [6.45, 7) is 4.41. The third-order valence-electron chi connectivity index (χ3n) is 6.14. The van der Waals surface area contributed by atoms with Crippen LogP contribution >= 0.6 is 11.6 Å². The van der Waals surface area contributed by atoms with E-state index in [0.29, 0.717) is 29.5 Å². The van der Waals surface area contributed by atoms with Crippen molar-refractivity contribution in [1.29, 1.82) is 0 Å². The highest BCUT2D eigenvalue weighted by Crippen LogP contribution is 2.28. The molecule has 0 aliphatic carbocycles. The molecule has 4 heterocycles. The van der Waals surface area contributed by atoms with Gasteiger partial charge in [-0.2, -0.15) is 0 Å². The lowest BCUT2D eigenvalue weighted by atomic mass is 10.2. The first-order chi connectivity index (χ1) is 17.1. The second kappa shape index (κ2) is 10.3. The molecule has 0 unspecified atom stereocenters. The van der Waals surface area contributed by atoms with Crippen molar-refractivity contribution in [3.05, 3.63) is 66.1 Å². The lowest BCUT2D eigenvalue weighted by Crippen LogP contribution is -2.50. The van der Waals surface area contributed by atoms with Crippen molar-refractivity contribution in [3.63, 3.8) is 0 Å². The second-order valence-electron chi connectivity index (χ2n) is 8.27. The van der Waals surface area contributed by atoms with Gasteiger partial charge in [0.15, 0.2) is 5.65 Å². The molecule has 35 heavy (non-hydrogen) atoms. The zero-order chi connectivity index (χ0) is 24.2. The maximum absolute atomic E-state index is 12.8. The number of rotatable bonds is 6. The van der Waals surface area contributed by atoms with Crippen LogP contribution in [-0.2, 0) is 6.54 Å². The number of hydrogen-bond donors (Lipinski definition) is 1. The van der Waals surface area contributed by atoms with Gasteiger partial charge in [-0.3, -0.25) is 9.88 Å². The summed E-state index contributed by atoms with van der Waals surface area (Å²) in [5.41, 5.74) is 3.32. The molecule has 180 valence electrons. The molecule has 0 radical (unpaired) electrons. The van der Waals surface area contributed by atoms with Crippen LogP contribution in [0.1, 0.15) is 0 Å². The number of urea groups is 1. The van der Waals surface area contributed by atoms with E-state index < -0.39 is 0 Å². The summed E-state index contributed by atoms with van der Waals surface area (Å²) < 4.78 is 7.49. The first-order valence-corrected chi connectivity index (χ1v) is 11.8. The van der Waals surface area contributed by atoms with Crippen molar-refractivity contribution in [2.45, 2.75) is 6.54 Å². The number of carbonyl (C=O) groups is 1. The summed E-state index contributed by atoms with van der Waals surface area (Å²) in [6, 6.07) is 12.8. The quantitative estimate of drug-likeness (QED) is 0.438. The zero-order valence-corrected chi connectivity index (χ0v) is 20.1. The second-order valence-corrected chi connectivity index (χ2v) is 8.71. The molecular weight excluding hydrogens is 466 g/mol. The average Bonchev–Trinajstić information content (AvgIpc) is 3.27. The van der Waals surface area contributed by atoms with E-state index in [0.717, 1.165) is 48.7 Å². The van der Waals surface area contributed by atoms with Crippen LogP contribution in [0.2, 0.25) is 5.02 Å². The Balaban J connectivity index is 1.22. The summed E-state index contributed by atoms with van der Waals surface area (Å²) in [5.74, 6) is 1.46. The van der Waals surface area contributed by atoms with E-state index in [2.05, 4.69) is 24.8 Å². The Morgan fingerprint density at radius 3 is 2.63 bits per heavy atom. The smallest absolute Gasteiger partial charge is 0.322 e. The Kier molecular flexibility index (Phi) is 6.78. The van der Waals surface area contributed by atoms with Crippen molar-refractivity contribution >= 4 is 34.5 Å². The molecule has 1 fully saturated rings.